The largest absolute Gasteiger partial charge is 0.481 e. The van der Waals surface area contributed by atoms with Crippen LogP contribution in [0, 0.1) is 17.6 Å². The zero-order valence-corrected chi connectivity index (χ0v) is 23.0. The zero-order valence-electron chi connectivity index (χ0n) is 23.0. The lowest BCUT2D eigenvalue weighted by Crippen LogP contribution is -2.44. The summed E-state index contributed by atoms with van der Waals surface area (Å²) in [6.07, 6.45) is 5.56. The fourth-order valence-corrected chi connectivity index (χ4v) is 5.85. The van der Waals surface area contributed by atoms with Crippen molar-refractivity contribution in [2.45, 2.75) is 44.4 Å². The van der Waals surface area contributed by atoms with E-state index in [-0.39, 0.29) is 29.5 Å². The van der Waals surface area contributed by atoms with E-state index in [1.807, 2.05) is 0 Å². The second kappa shape index (κ2) is 13.2. The number of hydrogen-bond donors (Lipinski definition) is 3. The minimum absolute atomic E-state index is 0.158. The summed E-state index contributed by atoms with van der Waals surface area (Å²) in [4.78, 5) is 32.2. The summed E-state index contributed by atoms with van der Waals surface area (Å²) < 4.78 is 30.0. The lowest BCUT2D eigenvalue weighted by atomic mass is 9.92. The molecule has 9 heteroatoms. The van der Waals surface area contributed by atoms with Crippen molar-refractivity contribution in [3.63, 3.8) is 0 Å². The number of carbonyl (C=O) groups is 2. The number of aromatic nitrogens is 1. The van der Waals surface area contributed by atoms with E-state index in [4.69, 9.17) is 4.98 Å². The number of likely N-dealkylation sites (tertiary alicyclic amines) is 1. The summed E-state index contributed by atoms with van der Waals surface area (Å²) >= 11 is 0. The van der Waals surface area contributed by atoms with Crippen LogP contribution >= 0.6 is 0 Å². The summed E-state index contributed by atoms with van der Waals surface area (Å²) in [5, 5.41) is 16.0. The molecule has 3 N–H and O–H groups in total. The summed E-state index contributed by atoms with van der Waals surface area (Å²) in [7, 11) is 0. The lowest BCUT2D eigenvalue weighted by Gasteiger charge is -2.32. The van der Waals surface area contributed by atoms with Gasteiger partial charge >= 0.3 is 5.97 Å². The first-order valence-electron chi connectivity index (χ1n) is 14.4. The van der Waals surface area contributed by atoms with Crippen molar-refractivity contribution in [2.24, 2.45) is 5.92 Å². The highest BCUT2D eigenvalue weighted by atomic mass is 19.1. The standard InChI is InChI=1S/C32H36F2N4O3/c33-27-15-14-25(29(34)28(27)21-7-2-1-3-8-21)26(32(40)41)19-36-31(39)23-10-5-17-38(20-23)18-6-11-24-13-12-22-9-4-16-35-30(22)37-24/h1-3,7-8,12-15,23,26H,4-6,9-11,16-20H2,(H,35,37)(H,36,39)(H,40,41)/t23-,26-/m1/s1. The van der Waals surface area contributed by atoms with Crippen LogP contribution in [0.4, 0.5) is 14.6 Å². The normalized spacial score (nSPS) is 17.8. The molecule has 0 spiro atoms. The maximum atomic E-state index is 15.5. The number of amides is 1. The van der Waals surface area contributed by atoms with Crippen molar-refractivity contribution < 1.29 is 23.5 Å². The van der Waals surface area contributed by atoms with E-state index in [1.165, 1.54) is 5.56 Å². The molecule has 0 aliphatic carbocycles. The Bertz CT molecular complexity index is 1380. The number of nitrogens with zero attached hydrogens (tertiary/aromatic N) is 2. The minimum Gasteiger partial charge on any atom is -0.481 e. The van der Waals surface area contributed by atoms with Crippen LogP contribution in [-0.2, 0) is 22.4 Å². The number of aryl methyl sites for hydroxylation is 2. The Balaban J connectivity index is 1.16. The fourth-order valence-electron chi connectivity index (χ4n) is 5.85. The van der Waals surface area contributed by atoms with Crippen molar-refractivity contribution in [1.82, 2.24) is 15.2 Å². The Labute approximate surface area is 239 Å². The number of nitrogens with one attached hydrogen (secondary N) is 2. The van der Waals surface area contributed by atoms with Gasteiger partial charge in [0.05, 0.1) is 11.5 Å². The van der Waals surface area contributed by atoms with Crippen LogP contribution < -0.4 is 10.6 Å². The van der Waals surface area contributed by atoms with Crippen LogP contribution in [0.2, 0.25) is 0 Å². The highest BCUT2D eigenvalue weighted by Gasteiger charge is 2.30. The highest BCUT2D eigenvalue weighted by Crippen LogP contribution is 2.31. The van der Waals surface area contributed by atoms with Crippen LogP contribution in [0.25, 0.3) is 11.1 Å². The molecule has 2 atom stereocenters. The molecule has 1 amide bonds. The van der Waals surface area contributed by atoms with Gasteiger partial charge in [0.1, 0.15) is 23.4 Å². The van der Waals surface area contributed by atoms with E-state index < -0.39 is 23.5 Å². The van der Waals surface area contributed by atoms with Gasteiger partial charge in [-0.05, 0) is 74.9 Å². The maximum Gasteiger partial charge on any atom is 0.312 e. The van der Waals surface area contributed by atoms with Crippen molar-refractivity contribution >= 4 is 17.7 Å². The first-order chi connectivity index (χ1) is 19.9. The third-order valence-electron chi connectivity index (χ3n) is 8.07. The van der Waals surface area contributed by atoms with Gasteiger partial charge in [0.25, 0.3) is 0 Å². The monoisotopic (exact) mass is 562 g/mol. The molecule has 1 aromatic heterocycles. The molecule has 1 fully saturated rings. The smallest absolute Gasteiger partial charge is 0.312 e. The first-order valence-corrected chi connectivity index (χ1v) is 14.4. The third kappa shape index (κ3) is 6.90. The van der Waals surface area contributed by atoms with Gasteiger partial charge in [-0.3, -0.25) is 9.59 Å². The second-order valence-electron chi connectivity index (χ2n) is 10.9. The predicted molar refractivity (Wildman–Crippen MR) is 154 cm³/mol. The van der Waals surface area contributed by atoms with Gasteiger partial charge in [-0.1, -0.05) is 42.5 Å². The number of hydrogen-bond acceptors (Lipinski definition) is 5. The molecule has 2 aromatic carbocycles. The summed E-state index contributed by atoms with van der Waals surface area (Å²) in [5.74, 6) is -3.85. The number of pyridine rings is 1. The quantitative estimate of drug-likeness (QED) is 0.322. The second-order valence-corrected chi connectivity index (χ2v) is 10.9. The zero-order chi connectivity index (χ0) is 28.8. The van der Waals surface area contributed by atoms with Gasteiger partial charge in [-0.15, -0.1) is 0 Å². The fraction of sp³-hybridized carbons (Fsp3) is 0.406. The SMILES string of the molecule is O=C(NC[C@@H](C(=O)O)c1ccc(F)c(-c2ccccc2)c1F)[C@@H]1CCCN(CCCc2ccc3c(n2)NCCC3)C1. The number of fused-ring (bicyclic) bond motifs is 1. The third-order valence-corrected chi connectivity index (χ3v) is 8.07. The van der Waals surface area contributed by atoms with Crippen molar-refractivity contribution in [2.75, 3.05) is 38.0 Å². The van der Waals surface area contributed by atoms with Crippen LogP contribution in [0.1, 0.15) is 48.4 Å². The van der Waals surface area contributed by atoms with Gasteiger partial charge in [0, 0.05) is 30.9 Å². The number of benzene rings is 2. The number of carboxylic acids is 1. The van der Waals surface area contributed by atoms with E-state index in [0.29, 0.717) is 18.5 Å². The molecule has 0 radical (unpaired) electrons. The summed E-state index contributed by atoms with van der Waals surface area (Å²) in [6, 6.07) is 14.7. The maximum absolute atomic E-state index is 15.5. The molecule has 0 saturated carbocycles. The van der Waals surface area contributed by atoms with Crippen LogP contribution in [-0.4, -0.2) is 59.6 Å². The molecule has 3 aromatic rings. The van der Waals surface area contributed by atoms with E-state index in [9.17, 15) is 19.1 Å². The Morgan fingerprint density at radius 2 is 1.93 bits per heavy atom. The molecule has 216 valence electrons. The number of aliphatic carboxylic acids is 1. The van der Waals surface area contributed by atoms with E-state index in [0.717, 1.165) is 75.4 Å². The van der Waals surface area contributed by atoms with Crippen molar-refractivity contribution in [3.8, 4) is 11.1 Å². The average Bonchev–Trinajstić information content (AvgIpc) is 2.98. The van der Waals surface area contributed by atoms with Gasteiger partial charge in [0.15, 0.2) is 0 Å². The summed E-state index contributed by atoms with van der Waals surface area (Å²) in [5.41, 5.74) is 2.22. The number of piperidine rings is 1. The van der Waals surface area contributed by atoms with Gasteiger partial charge in [0.2, 0.25) is 5.91 Å². The Morgan fingerprint density at radius 1 is 1.10 bits per heavy atom. The number of carbonyl (C=O) groups excluding carboxylic acids is 1. The highest BCUT2D eigenvalue weighted by molar-refractivity contribution is 5.82. The number of carboxylic acid groups (broad SMARTS) is 1. The molecule has 0 bridgehead atoms. The van der Waals surface area contributed by atoms with E-state index in [1.54, 1.807) is 30.3 Å². The average molecular weight is 563 g/mol. The van der Waals surface area contributed by atoms with Gasteiger partial charge in [-0.25, -0.2) is 13.8 Å². The van der Waals surface area contributed by atoms with Gasteiger partial charge < -0.3 is 20.6 Å². The minimum atomic E-state index is -1.35. The number of anilines is 1. The molecule has 2 aliphatic rings. The molecular formula is C32H36F2N4O3. The molecule has 0 unspecified atom stereocenters. The Kier molecular flexibility index (Phi) is 9.24. The number of halogens is 2. The number of rotatable bonds is 10. The van der Waals surface area contributed by atoms with E-state index in [2.05, 4.69) is 27.7 Å². The molecule has 7 nitrogen and oxygen atoms in total. The molecule has 5 rings (SSSR count). The molecule has 1 saturated heterocycles. The van der Waals surface area contributed by atoms with Crippen LogP contribution in [0.15, 0.2) is 54.6 Å². The topological polar surface area (TPSA) is 94.6 Å². The molecule has 3 heterocycles. The predicted octanol–water partition coefficient (Wildman–Crippen LogP) is 5.01. The van der Waals surface area contributed by atoms with Crippen LogP contribution in [0.3, 0.4) is 0 Å². The molecular weight excluding hydrogens is 526 g/mol. The molecule has 2 aliphatic heterocycles. The van der Waals surface area contributed by atoms with Crippen molar-refractivity contribution in [3.05, 3.63) is 83.1 Å². The lowest BCUT2D eigenvalue weighted by molar-refractivity contribution is -0.139. The Morgan fingerprint density at radius 3 is 2.73 bits per heavy atom. The van der Waals surface area contributed by atoms with E-state index >= 15 is 4.39 Å². The molecule has 41 heavy (non-hydrogen) atoms. The first kappa shape index (κ1) is 28.7. The Hall–Kier alpha value is -3.85. The van der Waals surface area contributed by atoms with Gasteiger partial charge in [-0.2, -0.15) is 0 Å². The van der Waals surface area contributed by atoms with Crippen LogP contribution in [0.5, 0.6) is 0 Å². The van der Waals surface area contributed by atoms with Crippen molar-refractivity contribution in [1.29, 1.82) is 0 Å². The summed E-state index contributed by atoms with van der Waals surface area (Å²) in [6.45, 7) is 3.02.